The molecule has 1 fully saturated rings. The molecule has 138 valence electrons. The third-order valence-electron chi connectivity index (χ3n) is 5.22. The van der Waals surface area contributed by atoms with Crippen LogP contribution in [0.5, 0.6) is 0 Å². The molecule has 25 heavy (non-hydrogen) atoms. The van der Waals surface area contributed by atoms with Crippen LogP contribution in [0.15, 0.2) is 24.3 Å². The Morgan fingerprint density at radius 1 is 1.16 bits per heavy atom. The lowest BCUT2D eigenvalue weighted by molar-refractivity contribution is -0.139. The van der Waals surface area contributed by atoms with E-state index in [2.05, 4.69) is 38.1 Å². The van der Waals surface area contributed by atoms with Crippen molar-refractivity contribution in [3.05, 3.63) is 35.4 Å². The van der Waals surface area contributed by atoms with Crippen LogP contribution in [0, 0.1) is 5.92 Å². The van der Waals surface area contributed by atoms with E-state index in [0.29, 0.717) is 18.9 Å². The van der Waals surface area contributed by atoms with Crippen LogP contribution in [-0.2, 0) is 16.0 Å². The van der Waals surface area contributed by atoms with E-state index in [1.165, 1.54) is 11.1 Å². The Morgan fingerprint density at radius 3 is 2.36 bits per heavy atom. The lowest BCUT2D eigenvalue weighted by atomic mass is 9.97. The first kappa shape index (κ1) is 19.6. The summed E-state index contributed by atoms with van der Waals surface area (Å²) >= 11 is 0. The van der Waals surface area contributed by atoms with Crippen LogP contribution in [-0.4, -0.2) is 35.2 Å². The molecule has 0 bridgehead atoms. The fourth-order valence-corrected chi connectivity index (χ4v) is 3.35. The lowest BCUT2D eigenvalue weighted by Gasteiger charge is -2.28. The third kappa shape index (κ3) is 4.91. The molecule has 2 N–H and O–H groups in total. The van der Waals surface area contributed by atoms with Gasteiger partial charge >= 0.3 is 0 Å². The molecule has 0 spiro atoms. The van der Waals surface area contributed by atoms with Gasteiger partial charge in [0.15, 0.2) is 5.78 Å². The summed E-state index contributed by atoms with van der Waals surface area (Å²) in [5.74, 6) is 0.684. The van der Waals surface area contributed by atoms with Crippen molar-refractivity contribution < 1.29 is 9.59 Å². The highest BCUT2D eigenvalue weighted by molar-refractivity contribution is 5.91. The molecule has 1 aromatic carbocycles. The quantitative estimate of drug-likeness (QED) is 0.825. The van der Waals surface area contributed by atoms with Crippen LogP contribution in [0.4, 0.5) is 0 Å². The summed E-state index contributed by atoms with van der Waals surface area (Å²) in [4.78, 5) is 26.9. The molecule has 2 rings (SSSR count). The van der Waals surface area contributed by atoms with E-state index >= 15 is 0 Å². The van der Waals surface area contributed by atoms with Crippen molar-refractivity contribution in [3.63, 3.8) is 0 Å². The van der Waals surface area contributed by atoms with E-state index in [0.717, 1.165) is 19.3 Å². The highest BCUT2D eigenvalue weighted by Gasteiger charge is 2.36. The Morgan fingerprint density at radius 2 is 1.80 bits per heavy atom. The van der Waals surface area contributed by atoms with Gasteiger partial charge in [0.1, 0.15) is 0 Å². The highest BCUT2D eigenvalue weighted by Crippen LogP contribution is 2.22. The van der Waals surface area contributed by atoms with Gasteiger partial charge in [0.2, 0.25) is 5.91 Å². The lowest BCUT2D eigenvalue weighted by Crippen LogP contribution is -2.50. The molecule has 1 aliphatic rings. The first-order valence-electron chi connectivity index (χ1n) is 9.49. The van der Waals surface area contributed by atoms with Crippen molar-refractivity contribution in [3.8, 4) is 0 Å². The highest BCUT2D eigenvalue weighted by atomic mass is 16.2. The molecular formula is C21H32N2O2. The smallest absolute Gasteiger partial charge is 0.240 e. The summed E-state index contributed by atoms with van der Waals surface area (Å²) in [6.45, 7) is 8.88. The van der Waals surface area contributed by atoms with E-state index in [9.17, 15) is 9.59 Å². The molecule has 0 aromatic heterocycles. The number of benzene rings is 1. The van der Waals surface area contributed by atoms with Gasteiger partial charge in [0.05, 0.1) is 12.1 Å². The Hall–Kier alpha value is -1.68. The summed E-state index contributed by atoms with van der Waals surface area (Å²) in [7, 11) is 0. The SMILES string of the molecule is CC(C)c1ccc(CCC(=O)[C@@H]2CCCN2C(=O)[C@@H](N)C(C)C)cc1. The number of nitrogens with two attached hydrogens (primary N) is 1. The van der Waals surface area contributed by atoms with Gasteiger partial charge in [-0.05, 0) is 42.2 Å². The molecule has 0 aliphatic carbocycles. The predicted octanol–water partition coefficient (Wildman–Crippen LogP) is 3.29. The largest absolute Gasteiger partial charge is 0.331 e. The average molecular weight is 344 g/mol. The average Bonchev–Trinajstić information content (AvgIpc) is 3.08. The minimum absolute atomic E-state index is 0.0767. The number of likely N-dealkylation sites (tertiary alicyclic amines) is 1. The van der Waals surface area contributed by atoms with Gasteiger partial charge in [-0.25, -0.2) is 0 Å². The minimum Gasteiger partial charge on any atom is -0.331 e. The Labute approximate surface area is 151 Å². The summed E-state index contributed by atoms with van der Waals surface area (Å²) in [5.41, 5.74) is 8.49. The minimum atomic E-state index is -0.517. The van der Waals surface area contributed by atoms with Gasteiger partial charge in [-0.3, -0.25) is 9.59 Å². The topological polar surface area (TPSA) is 63.4 Å². The molecule has 1 aromatic rings. The van der Waals surface area contributed by atoms with Crippen LogP contribution < -0.4 is 5.73 Å². The summed E-state index contributed by atoms with van der Waals surface area (Å²) in [6.07, 6.45) is 2.86. The molecule has 1 saturated heterocycles. The van der Waals surface area contributed by atoms with Crippen LogP contribution >= 0.6 is 0 Å². The van der Waals surface area contributed by atoms with Gasteiger partial charge in [-0.1, -0.05) is 52.0 Å². The zero-order chi connectivity index (χ0) is 18.6. The maximum Gasteiger partial charge on any atom is 0.240 e. The molecule has 1 aliphatic heterocycles. The van der Waals surface area contributed by atoms with E-state index in [4.69, 9.17) is 5.73 Å². The first-order chi connectivity index (χ1) is 11.8. The molecule has 4 heteroatoms. The number of rotatable bonds is 7. The fraction of sp³-hybridized carbons (Fsp3) is 0.619. The van der Waals surface area contributed by atoms with E-state index < -0.39 is 6.04 Å². The molecule has 0 unspecified atom stereocenters. The Balaban J connectivity index is 1.94. The van der Waals surface area contributed by atoms with Gasteiger partial charge in [0, 0.05) is 13.0 Å². The number of hydrogen-bond acceptors (Lipinski definition) is 3. The van der Waals surface area contributed by atoms with Crippen LogP contribution in [0.3, 0.4) is 0 Å². The predicted molar refractivity (Wildman–Crippen MR) is 101 cm³/mol. The van der Waals surface area contributed by atoms with Crippen LogP contribution in [0.1, 0.15) is 64.0 Å². The second kappa shape index (κ2) is 8.61. The summed E-state index contributed by atoms with van der Waals surface area (Å²) in [5, 5.41) is 0. The zero-order valence-electron chi connectivity index (χ0n) is 16.0. The zero-order valence-corrected chi connectivity index (χ0v) is 16.0. The Bertz CT molecular complexity index is 592. The van der Waals surface area contributed by atoms with E-state index in [-0.39, 0.29) is 23.7 Å². The molecule has 1 heterocycles. The summed E-state index contributed by atoms with van der Waals surface area (Å²) < 4.78 is 0. The van der Waals surface area contributed by atoms with Gasteiger partial charge in [-0.2, -0.15) is 0 Å². The summed E-state index contributed by atoms with van der Waals surface area (Å²) in [6, 6.07) is 7.68. The van der Waals surface area contributed by atoms with Crippen molar-refractivity contribution in [2.45, 2.75) is 71.4 Å². The van der Waals surface area contributed by atoms with Crippen molar-refractivity contribution >= 4 is 11.7 Å². The number of aryl methyl sites for hydroxylation is 1. The van der Waals surface area contributed by atoms with Crippen molar-refractivity contribution in [1.29, 1.82) is 0 Å². The number of amides is 1. The van der Waals surface area contributed by atoms with Crippen LogP contribution in [0.25, 0.3) is 0 Å². The molecule has 0 saturated carbocycles. The Kier molecular flexibility index (Phi) is 6.77. The number of carbonyl (C=O) groups excluding carboxylic acids is 2. The number of nitrogens with zero attached hydrogens (tertiary/aromatic N) is 1. The van der Waals surface area contributed by atoms with Crippen LogP contribution in [0.2, 0.25) is 0 Å². The molecular weight excluding hydrogens is 312 g/mol. The second-order valence-corrected chi connectivity index (χ2v) is 7.82. The molecule has 4 nitrogen and oxygen atoms in total. The molecule has 2 atom stereocenters. The number of hydrogen-bond donors (Lipinski definition) is 1. The third-order valence-corrected chi connectivity index (χ3v) is 5.22. The van der Waals surface area contributed by atoms with Gasteiger partial charge in [-0.15, -0.1) is 0 Å². The van der Waals surface area contributed by atoms with Crippen molar-refractivity contribution in [2.75, 3.05) is 6.54 Å². The fourth-order valence-electron chi connectivity index (χ4n) is 3.35. The number of carbonyl (C=O) groups is 2. The number of ketones is 1. The molecule has 0 radical (unpaired) electrons. The second-order valence-electron chi connectivity index (χ2n) is 7.82. The standard InChI is InChI=1S/C21H32N2O2/c1-14(2)17-10-7-16(8-11-17)9-12-19(24)18-6-5-13-23(18)21(25)20(22)15(3)4/h7-8,10-11,14-15,18,20H,5-6,9,12-13,22H2,1-4H3/t18-,20-/m0/s1. The first-order valence-corrected chi connectivity index (χ1v) is 9.49. The van der Waals surface area contributed by atoms with Crippen molar-refractivity contribution in [1.82, 2.24) is 4.90 Å². The maximum absolute atomic E-state index is 12.7. The normalized spacial score (nSPS) is 18.8. The van der Waals surface area contributed by atoms with Gasteiger partial charge < -0.3 is 10.6 Å². The molecule has 1 amide bonds. The van der Waals surface area contributed by atoms with Crippen molar-refractivity contribution in [2.24, 2.45) is 11.7 Å². The van der Waals surface area contributed by atoms with E-state index in [1.54, 1.807) is 4.90 Å². The maximum atomic E-state index is 12.7. The number of Topliss-reactive ketones (excluding diaryl/α,β-unsaturated/α-hetero) is 1. The van der Waals surface area contributed by atoms with E-state index in [1.807, 2.05) is 13.8 Å². The van der Waals surface area contributed by atoms with Gasteiger partial charge in [0.25, 0.3) is 0 Å². The monoisotopic (exact) mass is 344 g/mol.